The molecule has 0 bridgehead atoms. The van der Waals surface area contributed by atoms with Crippen molar-refractivity contribution >= 4 is 23.9 Å². The van der Waals surface area contributed by atoms with E-state index in [0.717, 1.165) is 16.0 Å². The van der Waals surface area contributed by atoms with E-state index in [0.29, 0.717) is 0 Å². The summed E-state index contributed by atoms with van der Waals surface area (Å²) in [6, 6.07) is 15.9. The largest absolute Gasteiger partial charge is 0.327 e. The normalized spacial score (nSPS) is 24.1. The highest BCUT2D eigenvalue weighted by Crippen LogP contribution is 2.29. The number of urea groups is 2. The van der Waals surface area contributed by atoms with Crippen LogP contribution in [0.25, 0.3) is 0 Å². The summed E-state index contributed by atoms with van der Waals surface area (Å²) < 4.78 is 0. The lowest BCUT2D eigenvalue weighted by Crippen LogP contribution is -2.65. The maximum Gasteiger partial charge on any atom is 0.327 e. The molecule has 2 aromatic rings. The highest BCUT2D eigenvalue weighted by molar-refractivity contribution is 6.12. The monoisotopic (exact) mass is 378 g/mol. The van der Waals surface area contributed by atoms with Crippen molar-refractivity contribution < 1.29 is 19.2 Å². The topological polar surface area (TPSA) is 108 Å². The Morgan fingerprint density at radius 1 is 0.821 bits per heavy atom. The molecule has 2 fully saturated rings. The van der Waals surface area contributed by atoms with E-state index in [1.807, 2.05) is 36.4 Å². The highest BCUT2D eigenvalue weighted by Gasteiger charge is 2.58. The van der Waals surface area contributed by atoms with E-state index in [1.54, 1.807) is 24.3 Å². The summed E-state index contributed by atoms with van der Waals surface area (Å²) in [5.41, 5.74) is -0.110. The Kier molecular flexibility index (Phi) is 4.31. The van der Waals surface area contributed by atoms with Crippen molar-refractivity contribution in [1.82, 2.24) is 20.9 Å². The molecule has 8 heteroatoms. The second-order valence-electron chi connectivity index (χ2n) is 6.80. The molecule has 0 saturated carbocycles. The molecule has 2 saturated heterocycles. The van der Waals surface area contributed by atoms with Crippen LogP contribution in [0, 0.1) is 0 Å². The third-order valence-electron chi connectivity index (χ3n) is 4.97. The maximum atomic E-state index is 12.8. The molecular formula is C20H18N4O4. The Morgan fingerprint density at radius 2 is 1.43 bits per heavy atom. The summed E-state index contributed by atoms with van der Waals surface area (Å²) in [5, 5.41) is 7.07. The van der Waals surface area contributed by atoms with Gasteiger partial charge >= 0.3 is 12.1 Å². The summed E-state index contributed by atoms with van der Waals surface area (Å²) in [6.45, 7) is 0. The summed E-state index contributed by atoms with van der Waals surface area (Å²) in [6.07, 6.45) is 0.259. The lowest BCUT2D eigenvalue weighted by molar-refractivity contribution is -0.131. The van der Waals surface area contributed by atoms with Gasteiger partial charge in [0.15, 0.2) is 0 Å². The highest BCUT2D eigenvalue weighted by atomic mass is 16.2. The van der Waals surface area contributed by atoms with Gasteiger partial charge < -0.3 is 5.32 Å². The van der Waals surface area contributed by atoms with E-state index < -0.39 is 35.6 Å². The van der Waals surface area contributed by atoms with Crippen molar-refractivity contribution in [3.63, 3.8) is 0 Å². The first-order chi connectivity index (χ1) is 13.5. The van der Waals surface area contributed by atoms with Crippen molar-refractivity contribution in [3.8, 4) is 0 Å². The Bertz CT molecular complexity index is 947. The minimum Gasteiger partial charge on any atom is -0.306 e. The van der Waals surface area contributed by atoms with Crippen LogP contribution >= 0.6 is 0 Å². The van der Waals surface area contributed by atoms with Crippen LogP contribution in [0.15, 0.2) is 60.7 Å². The zero-order valence-corrected chi connectivity index (χ0v) is 14.8. The van der Waals surface area contributed by atoms with Gasteiger partial charge in [-0.1, -0.05) is 60.7 Å². The van der Waals surface area contributed by atoms with Crippen molar-refractivity contribution in [3.05, 3.63) is 71.8 Å². The number of rotatable bonds is 5. The first-order valence-electron chi connectivity index (χ1n) is 8.85. The van der Waals surface area contributed by atoms with Crippen molar-refractivity contribution in [1.29, 1.82) is 0 Å². The van der Waals surface area contributed by atoms with Crippen molar-refractivity contribution in [2.45, 2.75) is 24.5 Å². The molecule has 2 aliphatic rings. The third kappa shape index (κ3) is 2.98. The van der Waals surface area contributed by atoms with E-state index >= 15 is 0 Å². The van der Waals surface area contributed by atoms with Crippen LogP contribution < -0.4 is 16.0 Å². The number of carbonyl (C=O) groups is 4. The lowest BCUT2D eigenvalue weighted by atomic mass is 9.94. The second-order valence-corrected chi connectivity index (χ2v) is 6.80. The number of amides is 6. The minimum atomic E-state index is -1.69. The maximum absolute atomic E-state index is 12.8. The number of imide groups is 2. The van der Waals surface area contributed by atoms with Gasteiger partial charge in [-0.25, -0.2) is 9.59 Å². The molecule has 0 spiro atoms. The molecule has 8 nitrogen and oxygen atoms in total. The summed E-state index contributed by atoms with van der Waals surface area (Å²) >= 11 is 0. The smallest absolute Gasteiger partial charge is 0.306 e. The fourth-order valence-corrected chi connectivity index (χ4v) is 3.72. The molecule has 0 aliphatic carbocycles. The first-order valence-corrected chi connectivity index (χ1v) is 8.85. The average Bonchev–Trinajstić information content (AvgIpc) is 3.11. The number of nitrogens with one attached hydrogen (secondary N) is 3. The summed E-state index contributed by atoms with van der Waals surface area (Å²) in [7, 11) is 0. The Hall–Kier alpha value is -3.68. The van der Waals surface area contributed by atoms with E-state index in [4.69, 9.17) is 0 Å². The minimum absolute atomic E-state index is 0.0391. The molecule has 2 heterocycles. The molecule has 2 unspecified atom stereocenters. The number of hydrogen-bond donors (Lipinski definition) is 3. The number of hydrogen-bond acceptors (Lipinski definition) is 4. The van der Waals surface area contributed by atoms with E-state index in [2.05, 4.69) is 16.0 Å². The Morgan fingerprint density at radius 3 is 2.00 bits per heavy atom. The quantitative estimate of drug-likeness (QED) is 0.673. The molecule has 6 amide bonds. The molecule has 3 N–H and O–H groups in total. The van der Waals surface area contributed by atoms with Crippen molar-refractivity contribution in [2.24, 2.45) is 0 Å². The number of benzene rings is 2. The van der Waals surface area contributed by atoms with Crippen LogP contribution in [-0.2, 0) is 22.4 Å². The first kappa shape index (κ1) is 17.7. The van der Waals surface area contributed by atoms with Gasteiger partial charge in [0.25, 0.3) is 11.8 Å². The predicted molar refractivity (Wildman–Crippen MR) is 98.9 cm³/mol. The zero-order valence-electron chi connectivity index (χ0n) is 14.8. The average molecular weight is 378 g/mol. The molecule has 2 aliphatic heterocycles. The summed E-state index contributed by atoms with van der Waals surface area (Å²) in [5.74, 6) is -1.17. The van der Waals surface area contributed by atoms with Crippen molar-refractivity contribution in [2.75, 3.05) is 0 Å². The predicted octanol–water partition coefficient (Wildman–Crippen LogP) is 0.928. The zero-order chi connectivity index (χ0) is 19.7. The van der Waals surface area contributed by atoms with E-state index in [9.17, 15) is 19.2 Å². The lowest BCUT2D eigenvalue weighted by Gasteiger charge is -2.38. The van der Waals surface area contributed by atoms with Crippen LogP contribution in [0.2, 0.25) is 0 Å². The molecule has 0 aromatic heterocycles. The van der Waals surface area contributed by atoms with Gasteiger partial charge in [0.05, 0.1) is 0 Å². The Labute approximate surface area is 160 Å². The van der Waals surface area contributed by atoms with Gasteiger partial charge in [-0.3, -0.25) is 25.1 Å². The Balaban J connectivity index is 1.75. The molecule has 142 valence electrons. The fraction of sp³-hybridized carbons (Fsp3) is 0.200. The van der Waals surface area contributed by atoms with Gasteiger partial charge in [-0.15, -0.1) is 0 Å². The van der Waals surface area contributed by atoms with Crippen LogP contribution in [0.1, 0.15) is 11.1 Å². The molecule has 0 radical (unpaired) electrons. The molecule has 2 aromatic carbocycles. The van der Waals surface area contributed by atoms with Crippen LogP contribution in [0.4, 0.5) is 9.59 Å². The second kappa shape index (κ2) is 6.80. The van der Waals surface area contributed by atoms with Gasteiger partial charge in [0.2, 0.25) is 5.66 Å². The van der Waals surface area contributed by atoms with Gasteiger partial charge in [-0.05, 0) is 11.1 Å². The van der Waals surface area contributed by atoms with Crippen LogP contribution in [0.3, 0.4) is 0 Å². The number of nitrogens with zero attached hydrogens (tertiary/aromatic N) is 1. The van der Waals surface area contributed by atoms with E-state index in [-0.39, 0.29) is 12.8 Å². The van der Waals surface area contributed by atoms with Gasteiger partial charge in [-0.2, -0.15) is 0 Å². The molecular weight excluding hydrogens is 360 g/mol. The SMILES string of the molecule is O=C1NC(=O)C(Cc2ccccc2)(N2C(=O)NC(=O)C2Cc2ccccc2)N1. The molecule has 4 rings (SSSR count). The fourth-order valence-electron chi connectivity index (χ4n) is 3.72. The molecule has 28 heavy (non-hydrogen) atoms. The van der Waals surface area contributed by atoms with Crippen LogP contribution in [0.5, 0.6) is 0 Å². The summed E-state index contributed by atoms with van der Waals surface area (Å²) in [4.78, 5) is 51.2. The number of carbonyl (C=O) groups excluding carboxylic acids is 4. The van der Waals surface area contributed by atoms with E-state index in [1.165, 1.54) is 0 Å². The van der Waals surface area contributed by atoms with Gasteiger partial charge in [0, 0.05) is 12.8 Å². The third-order valence-corrected chi connectivity index (χ3v) is 4.97. The molecule has 2 atom stereocenters. The standard InChI is InChI=1S/C20H18N4O4/c25-16-15(11-13-7-3-1-4-8-13)24(19(28)21-16)20(17(26)22-18(27)23-20)12-14-9-5-2-6-10-14/h1-10,15H,11-12H2,(H,21,25,28)(H2,22,23,26,27). The van der Waals surface area contributed by atoms with Crippen LogP contribution in [-0.4, -0.2) is 40.5 Å². The van der Waals surface area contributed by atoms with Gasteiger partial charge in [0.1, 0.15) is 6.04 Å².